The number of aryl methyl sites for hydroxylation is 1. The number of methoxy groups -OCH3 is 1. The molecule has 0 radical (unpaired) electrons. The number of carbonyl (C=O) groups excluding carboxylic acids is 1. The Balaban J connectivity index is 1.29. The Labute approximate surface area is 282 Å². The lowest BCUT2D eigenvalue weighted by Gasteiger charge is -2.16. The summed E-state index contributed by atoms with van der Waals surface area (Å²) in [4.78, 5) is 30.6. The van der Waals surface area contributed by atoms with Crippen molar-refractivity contribution in [2.24, 2.45) is 0 Å². The van der Waals surface area contributed by atoms with Crippen LogP contribution in [0.15, 0.2) is 83.6 Å². The van der Waals surface area contributed by atoms with E-state index in [1.165, 1.54) is 6.26 Å². The van der Waals surface area contributed by atoms with E-state index in [9.17, 15) is 4.79 Å². The monoisotopic (exact) mass is 655 g/mol. The molecule has 7 rings (SSSR count). The normalized spacial score (nSPS) is 12.6. The molecule has 0 unspecified atom stereocenters. The van der Waals surface area contributed by atoms with Gasteiger partial charge in [0.25, 0.3) is 0 Å². The van der Waals surface area contributed by atoms with Crippen LogP contribution in [0.4, 0.5) is 5.69 Å². The van der Waals surface area contributed by atoms with Gasteiger partial charge in [0.05, 0.1) is 49.9 Å². The van der Waals surface area contributed by atoms with Gasteiger partial charge in [0.1, 0.15) is 42.3 Å². The second-order valence-electron chi connectivity index (χ2n) is 11.5. The topological polar surface area (TPSA) is 115 Å². The van der Waals surface area contributed by atoms with Crippen LogP contribution < -0.4 is 14.2 Å². The number of pyridine rings is 1. The van der Waals surface area contributed by atoms with Gasteiger partial charge < -0.3 is 27.9 Å². The SMILES string of the molecule is [C-]#[N+]c1ccc2c(c1)CCCOc1cc(ccc1Cc1nc3c(OC)cc(C(=O)OCC)cc3n1Cc1ncco1)-c1cccc(n1)OC2. The molecule has 49 heavy (non-hydrogen) atoms. The van der Waals surface area contributed by atoms with Gasteiger partial charge in [0, 0.05) is 23.6 Å². The number of nitrogens with zero attached hydrogens (tertiary/aromatic N) is 5. The maximum atomic E-state index is 12.8. The summed E-state index contributed by atoms with van der Waals surface area (Å²) in [7, 11) is 1.55. The number of hydrogen-bond acceptors (Lipinski definition) is 9. The molecule has 0 spiro atoms. The molecule has 246 valence electrons. The predicted octanol–water partition coefficient (Wildman–Crippen LogP) is 7.37. The van der Waals surface area contributed by atoms with E-state index in [0.29, 0.717) is 71.0 Å². The highest BCUT2D eigenvalue weighted by atomic mass is 16.5. The molecule has 3 aromatic carbocycles. The number of esters is 1. The molecule has 11 nitrogen and oxygen atoms in total. The first-order valence-corrected chi connectivity index (χ1v) is 16.0. The number of carbonyl (C=O) groups is 1. The average molecular weight is 656 g/mol. The number of imidazole rings is 1. The van der Waals surface area contributed by atoms with E-state index in [1.807, 2.05) is 59.2 Å². The number of ether oxygens (including phenoxy) is 4. The van der Waals surface area contributed by atoms with E-state index in [-0.39, 0.29) is 13.2 Å². The molecule has 0 N–H and O–H groups in total. The van der Waals surface area contributed by atoms with Gasteiger partial charge in [-0.3, -0.25) is 0 Å². The Hall–Kier alpha value is -6.15. The molecule has 0 saturated heterocycles. The van der Waals surface area contributed by atoms with E-state index < -0.39 is 5.97 Å². The van der Waals surface area contributed by atoms with Gasteiger partial charge in [-0.25, -0.2) is 24.6 Å². The molecule has 6 aromatic rings. The van der Waals surface area contributed by atoms with Gasteiger partial charge >= 0.3 is 5.97 Å². The van der Waals surface area contributed by atoms with Gasteiger partial charge in [-0.2, -0.15) is 0 Å². The molecule has 11 heteroatoms. The number of aromatic nitrogens is 4. The van der Waals surface area contributed by atoms with Crippen molar-refractivity contribution >= 4 is 22.7 Å². The molecule has 1 aliphatic rings. The van der Waals surface area contributed by atoms with Crippen molar-refractivity contribution in [1.29, 1.82) is 0 Å². The molecule has 3 aromatic heterocycles. The summed E-state index contributed by atoms with van der Waals surface area (Å²) in [6, 6.07) is 20.8. The largest absolute Gasteiger partial charge is 0.494 e. The van der Waals surface area contributed by atoms with Gasteiger partial charge in [0.2, 0.25) is 11.8 Å². The molecule has 0 saturated carbocycles. The summed E-state index contributed by atoms with van der Waals surface area (Å²) in [5.41, 5.74) is 6.85. The van der Waals surface area contributed by atoms with Gasteiger partial charge in [-0.1, -0.05) is 42.0 Å². The summed E-state index contributed by atoms with van der Waals surface area (Å²) in [6.45, 7) is 10.6. The molecule has 0 fully saturated rings. The third-order valence-corrected chi connectivity index (χ3v) is 8.38. The fourth-order valence-electron chi connectivity index (χ4n) is 5.98. The zero-order chi connectivity index (χ0) is 33.7. The second-order valence-corrected chi connectivity index (χ2v) is 11.5. The third kappa shape index (κ3) is 6.67. The van der Waals surface area contributed by atoms with E-state index in [1.54, 1.807) is 32.4 Å². The Morgan fingerprint density at radius 2 is 1.96 bits per heavy atom. The van der Waals surface area contributed by atoms with Crippen LogP contribution in [0.1, 0.15) is 52.1 Å². The third-order valence-electron chi connectivity index (χ3n) is 8.38. The minimum atomic E-state index is -0.449. The van der Waals surface area contributed by atoms with Crippen molar-refractivity contribution in [2.45, 2.75) is 39.3 Å². The highest BCUT2D eigenvalue weighted by Gasteiger charge is 2.22. The molecule has 4 bridgehead atoms. The molecule has 0 atom stereocenters. The number of rotatable bonds is 7. The number of oxazole rings is 1. The molecule has 0 amide bonds. The maximum absolute atomic E-state index is 12.8. The lowest BCUT2D eigenvalue weighted by atomic mass is 10.0. The van der Waals surface area contributed by atoms with E-state index in [4.69, 9.17) is 39.9 Å². The van der Waals surface area contributed by atoms with Crippen molar-refractivity contribution < 1.29 is 28.2 Å². The van der Waals surface area contributed by atoms with Crippen LogP contribution >= 0.6 is 0 Å². The quantitative estimate of drug-likeness (QED) is 0.128. The summed E-state index contributed by atoms with van der Waals surface area (Å²) in [5.74, 6) is 2.41. The Kier molecular flexibility index (Phi) is 8.93. The molecule has 1 aliphatic heterocycles. The average Bonchev–Trinajstić information content (AvgIpc) is 3.77. The Morgan fingerprint density at radius 1 is 1.04 bits per heavy atom. The number of hydrogen-bond donors (Lipinski definition) is 0. The number of fused-ring (bicyclic) bond motifs is 7. The Bertz CT molecular complexity index is 2180. The first kappa shape index (κ1) is 31.4. The van der Waals surface area contributed by atoms with Crippen molar-refractivity contribution in [3.63, 3.8) is 0 Å². The van der Waals surface area contributed by atoms with Crippen LogP contribution in [0.5, 0.6) is 17.4 Å². The van der Waals surface area contributed by atoms with E-state index >= 15 is 0 Å². The first-order chi connectivity index (χ1) is 24.0. The van der Waals surface area contributed by atoms with Crippen molar-refractivity contribution in [3.05, 3.63) is 125 Å². The predicted molar refractivity (Wildman–Crippen MR) is 181 cm³/mol. The summed E-state index contributed by atoms with van der Waals surface area (Å²) >= 11 is 0. The smallest absolute Gasteiger partial charge is 0.338 e. The van der Waals surface area contributed by atoms with Gasteiger partial charge in [-0.05, 0) is 49.6 Å². The lowest BCUT2D eigenvalue weighted by Crippen LogP contribution is -2.09. The molecular formula is C38H33N5O6. The van der Waals surface area contributed by atoms with E-state index in [2.05, 4.69) is 9.83 Å². The fraction of sp³-hybridized carbons (Fsp3) is 0.237. The zero-order valence-electron chi connectivity index (χ0n) is 27.1. The van der Waals surface area contributed by atoms with Crippen molar-refractivity contribution in [1.82, 2.24) is 19.5 Å². The molecule has 0 aliphatic carbocycles. The van der Waals surface area contributed by atoms with Gasteiger partial charge in [0.15, 0.2) is 5.69 Å². The minimum Gasteiger partial charge on any atom is -0.494 e. The van der Waals surface area contributed by atoms with Crippen LogP contribution in [0.25, 0.3) is 27.1 Å². The highest BCUT2D eigenvalue weighted by Crippen LogP contribution is 2.34. The fourth-order valence-corrected chi connectivity index (χ4v) is 5.98. The van der Waals surface area contributed by atoms with Crippen LogP contribution in [0.3, 0.4) is 0 Å². The highest BCUT2D eigenvalue weighted by molar-refractivity contribution is 5.96. The van der Waals surface area contributed by atoms with Gasteiger partial charge in [-0.15, -0.1) is 0 Å². The second kappa shape index (κ2) is 13.9. The standard InChI is InChI=1S/C38H33N5O6/c1-4-46-38(44)28-18-31-37(33(20-28)45-3)42-34(43(31)22-36-40-14-16-48-36)21-26-11-10-25-19-32(26)47-15-6-7-24-17-29(39-2)13-12-27(24)23-49-35-9-5-8-30(25)41-35/h5,8-14,16-20H,4,6-7,15,21-23H2,1,3H3. The Morgan fingerprint density at radius 3 is 2.78 bits per heavy atom. The lowest BCUT2D eigenvalue weighted by molar-refractivity contribution is 0.0526. The molecule has 4 heterocycles. The maximum Gasteiger partial charge on any atom is 0.338 e. The summed E-state index contributed by atoms with van der Waals surface area (Å²) < 4.78 is 31.2. The van der Waals surface area contributed by atoms with Crippen LogP contribution in [-0.2, 0) is 30.7 Å². The van der Waals surface area contributed by atoms with Crippen LogP contribution in [0, 0.1) is 6.57 Å². The van der Waals surface area contributed by atoms with Crippen LogP contribution in [0.2, 0.25) is 0 Å². The first-order valence-electron chi connectivity index (χ1n) is 16.0. The minimum absolute atomic E-state index is 0.250. The molecular weight excluding hydrogens is 622 g/mol. The van der Waals surface area contributed by atoms with Crippen LogP contribution in [-0.4, -0.2) is 45.8 Å². The van der Waals surface area contributed by atoms with E-state index in [0.717, 1.165) is 40.8 Å². The van der Waals surface area contributed by atoms with Crippen molar-refractivity contribution in [2.75, 3.05) is 20.3 Å². The van der Waals surface area contributed by atoms with Crippen molar-refractivity contribution in [3.8, 4) is 28.6 Å². The number of benzene rings is 3. The zero-order valence-corrected chi connectivity index (χ0v) is 27.1. The summed E-state index contributed by atoms with van der Waals surface area (Å²) in [6.07, 6.45) is 4.97. The summed E-state index contributed by atoms with van der Waals surface area (Å²) in [5, 5.41) is 0.